The van der Waals surface area contributed by atoms with Crippen LogP contribution in [-0.2, 0) is 4.79 Å². The first-order chi connectivity index (χ1) is 17.9. The number of fused-ring (bicyclic) bond motifs is 1. The summed E-state index contributed by atoms with van der Waals surface area (Å²) in [6.45, 7) is 2.48. The van der Waals surface area contributed by atoms with E-state index in [-0.39, 0.29) is 11.8 Å². The summed E-state index contributed by atoms with van der Waals surface area (Å²) in [5.41, 5.74) is 2.92. The van der Waals surface area contributed by atoms with E-state index in [4.69, 9.17) is 21.1 Å². The summed E-state index contributed by atoms with van der Waals surface area (Å²) >= 11 is 6.19. The minimum atomic E-state index is -0.626. The lowest BCUT2D eigenvalue weighted by Gasteiger charge is -2.43. The minimum absolute atomic E-state index is 0.0348. The molecule has 1 saturated heterocycles. The third-order valence-corrected chi connectivity index (χ3v) is 7.47. The summed E-state index contributed by atoms with van der Waals surface area (Å²) in [4.78, 5) is 37.8. The van der Waals surface area contributed by atoms with Crippen LogP contribution >= 0.6 is 11.6 Å². The second-order valence-electron chi connectivity index (χ2n) is 9.21. The number of hydrogen-bond donors (Lipinski definition) is 0. The fourth-order valence-corrected chi connectivity index (χ4v) is 5.52. The number of hydrogen-bond acceptors (Lipinski definition) is 6. The van der Waals surface area contributed by atoms with E-state index in [1.54, 1.807) is 43.6 Å². The van der Waals surface area contributed by atoms with E-state index in [1.165, 1.54) is 7.11 Å². The largest absolute Gasteiger partial charge is 0.493 e. The van der Waals surface area contributed by atoms with Crippen molar-refractivity contribution >= 4 is 29.1 Å². The number of carbonyl (C=O) groups excluding carboxylic acids is 2. The highest BCUT2D eigenvalue weighted by Gasteiger charge is 2.45. The number of nitrogens with zero attached hydrogens (tertiary/aromatic N) is 4. The molecular weight excluding hydrogens is 492 g/mol. The maximum Gasteiger partial charge on any atom is 0.254 e. The molecule has 2 unspecified atom stereocenters. The highest BCUT2D eigenvalue weighted by molar-refractivity contribution is 6.30. The van der Waals surface area contributed by atoms with Gasteiger partial charge >= 0.3 is 0 Å². The Morgan fingerprint density at radius 2 is 1.73 bits per heavy atom. The lowest BCUT2D eigenvalue weighted by Crippen LogP contribution is -2.53. The Kier molecular flexibility index (Phi) is 6.93. The highest BCUT2D eigenvalue weighted by Crippen LogP contribution is 2.46. The van der Waals surface area contributed by atoms with Gasteiger partial charge in [-0.25, -0.2) is 0 Å². The molecule has 3 aromatic rings. The number of piperazine rings is 1. The van der Waals surface area contributed by atoms with Crippen molar-refractivity contribution in [2.45, 2.75) is 12.0 Å². The first kappa shape index (κ1) is 24.9. The molecule has 1 aromatic heterocycles. The minimum Gasteiger partial charge on any atom is -0.493 e. The molecule has 8 nitrogen and oxygen atoms in total. The van der Waals surface area contributed by atoms with Crippen LogP contribution in [0, 0.1) is 0 Å². The van der Waals surface area contributed by atoms with E-state index >= 15 is 0 Å². The third-order valence-electron chi connectivity index (χ3n) is 7.23. The van der Waals surface area contributed by atoms with Crippen LogP contribution < -0.4 is 14.4 Å². The number of ether oxygens (including phenoxy) is 2. The monoisotopic (exact) mass is 520 g/mol. The molecule has 2 aliphatic heterocycles. The second-order valence-corrected chi connectivity index (χ2v) is 9.65. The van der Waals surface area contributed by atoms with Crippen molar-refractivity contribution in [1.29, 1.82) is 0 Å². The predicted molar refractivity (Wildman–Crippen MR) is 142 cm³/mol. The molecule has 0 N–H and O–H groups in total. The number of halogens is 1. The van der Waals surface area contributed by atoms with Crippen molar-refractivity contribution in [2.24, 2.45) is 0 Å². The van der Waals surface area contributed by atoms with Gasteiger partial charge in [-0.15, -0.1) is 0 Å². The summed E-state index contributed by atoms with van der Waals surface area (Å²) in [5, 5.41) is 0.686. The first-order valence-electron chi connectivity index (χ1n) is 12.1. The molecule has 3 heterocycles. The highest BCUT2D eigenvalue weighted by atomic mass is 35.5. The number of rotatable bonds is 5. The summed E-state index contributed by atoms with van der Waals surface area (Å²) in [6, 6.07) is 14.4. The molecule has 0 spiro atoms. The maximum absolute atomic E-state index is 14.3. The van der Waals surface area contributed by atoms with Gasteiger partial charge in [0.05, 0.1) is 26.2 Å². The molecule has 2 amide bonds. The summed E-state index contributed by atoms with van der Waals surface area (Å²) < 4.78 is 11.0. The Labute approximate surface area is 221 Å². The molecule has 1 fully saturated rings. The average molecular weight is 521 g/mol. The van der Waals surface area contributed by atoms with E-state index in [0.717, 1.165) is 11.3 Å². The van der Waals surface area contributed by atoms with Crippen molar-refractivity contribution in [3.8, 4) is 11.5 Å². The zero-order valence-electron chi connectivity index (χ0n) is 21.1. The second kappa shape index (κ2) is 10.3. The molecule has 37 heavy (non-hydrogen) atoms. The molecular formula is C28H29ClN4O4. The average Bonchev–Trinajstić information content (AvgIpc) is 2.94. The van der Waals surface area contributed by atoms with Crippen molar-refractivity contribution < 1.29 is 19.1 Å². The molecule has 192 valence electrons. The van der Waals surface area contributed by atoms with Gasteiger partial charge in [0.15, 0.2) is 11.5 Å². The Morgan fingerprint density at radius 3 is 2.38 bits per heavy atom. The zero-order valence-corrected chi connectivity index (χ0v) is 21.8. The zero-order chi connectivity index (χ0) is 26.1. The number of carbonyl (C=O) groups is 2. The van der Waals surface area contributed by atoms with Crippen LogP contribution in [0.2, 0.25) is 5.02 Å². The number of pyridine rings is 1. The van der Waals surface area contributed by atoms with Crippen LogP contribution in [0.5, 0.6) is 11.5 Å². The SMILES string of the molecule is COc1cc2c(cc1OC)C(C(=O)N1CCN(c3cccc(Cl)c3)CC1)C(c1cccnc1)N(C)C2=O. The van der Waals surface area contributed by atoms with Gasteiger partial charge in [0.1, 0.15) is 0 Å². The lowest BCUT2D eigenvalue weighted by atomic mass is 9.79. The fraction of sp³-hybridized carbons (Fsp3) is 0.321. The molecule has 2 aromatic carbocycles. The summed E-state index contributed by atoms with van der Waals surface area (Å²) in [6.07, 6.45) is 3.40. The smallest absolute Gasteiger partial charge is 0.254 e. The molecule has 9 heteroatoms. The van der Waals surface area contributed by atoms with Gasteiger partial charge in [-0.1, -0.05) is 23.7 Å². The number of benzene rings is 2. The standard InChI is InChI=1S/C28H29ClN4O4/c1-31-26(18-6-5-9-30-17-18)25(21-15-23(36-2)24(37-3)16-22(21)27(31)34)28(35)33-12-10-32(11-13-33)20-8-4-7-19(29)14-20/h4-9,14-17,25-26H,10-13H2,1-3H3. The Bertz CT molecular complexity index is 1310. The quantitative estimate of drug-likeness (QED) is 0.506. The number of likely N-dealkylation sites (N-methyl/N-ethyl adjacent to an activating group) is 1. The van der Waals surface area contributed by atoms with Crippen LogP contribution in [0.1, 0.15) is 33.4 Å². The topological polar surface area (TPSA) is 75.2 Å². The van der Waals surface area contributed by atoms with Crippen molar-refractivity contribution in [1.82, 2.24) is 14.8 Å². The summed E-state index contributed by atoms with van der Waals surface area (Å²) in [5.74, 6) is 0.0859. The molecule has 0 aliphatic carbocycles. The number of methoxy groups -OCH3 is 2. The van der Waals surface area contributed by atoms with Gasteiger partial charge in [-0.05, 0) is 47.5 Å². The number of aromatic nitrogens is 1. The fourth-order valence-electron chi connectivity index (χ4n) is 5.34. The van der Waals surface area contributed by atoms with E-state index in [1.807, 2.05) is 41.3 Å². The predicted octanol–water partition coefficient (Wildman–Crippen LogP) is 4.01. The molecule has 2 aliphatic rings. The lowest BCUT2D eigenvalue weighted by molar-refractivity contribution is -0.134. The molecule has 0 radical (unpaired) electrons. The number of amides is 2. The number of anilines is 1. The Balaban J connectivity index is 1.52. The summed E-state index contributed by atoms with van der Waals surface area (Å²) in [7, 11) is 4.81. The van der Waals surface area contributed by atoms with E-state index in [9.17, 15) is 9.59 Å². The Morgan fingerprint density at radius 1 is 1.00 bits per heavy atom. The van der Waals surface area contributed by atoms with Gasteiger partial charge in [-0.2, -0.15) is 0 Å². The molecule has 0 bridgehead atoms. The first-order valence-corrected chi connectivity index (χ1v) is 12.5. The van der Waals surface area contributed by atoms with Gasteiger partial charge in [0.2, 0.25) is 5.91 Å². The van der Waals surface area contributed by atoms with E-state index in [2.05, 4.69) is 9.88 Å². The molecule has 2 atom stereocenters. The van der Waals surface area contributed by atoms with Crippen molar-refractivity contribution in [3.63, 3.8) is 0 Å². The van der Waals surface area contributed by atoms with Gasteiger partial charge in [0, 0.05) is 61.9 Å². The molecule has 5 rings (SSSR count). The van der Waals surface area contributed by atoms with E-state index in [0.29, 0.717) is 53.8 Å². The van der Waals surface area contributed by atoms with Crippen LogP contribution in [0.25, 0.3) is 0 Å². The van der Waals surface area contributed by atoms with Crippen LogP contribution in [-0.4, -0.2) is 74.0 Å². The van der Waals surface area contributed by atoms with Gasteiger partial charge in [0.25, 0.3) is 5.91 Å². The maximum atomic E-state index is 14.3. The van der Waals surface area contributed by atoms with Crippen LogP contribution in [0.15, 0.2) is 60.9 Å². The van der Waals surface area contributed by atoms with Gasteiger partial charge in [-0.3, -0.25) is 14.6 Å². The van der Waals surface area contributed by atoms with Crippen molar-refractivity contribution in [3.05, 3.63) is 82.6 Å². The normalized spacial score (nSPS) is 19.5. The van der Waals surface area contributed by atoms with Crippen molar-refractivity contribution in [2.75, 3.05) is 52.3 Å². The Hall–Kier alpha value is -3.78. The molecule has 0 saturated carbocycles. The van der Waals surface area contributed by atoms with Crippen LogP contribution in [0.4, 0.5) is 5.69 Å². The van der Waals surface area contributed by atoms with Crippen LogP contribution in [0.3, 0.4) is 0 Å². The van der Waals surface area contributed by atoms with Gasteiger partial charge < -0.3 is 24.2 Å². The van der Waals surface area contributed by atoms with E-state index < -0.39 is 12.0 Å². The third kappa shape index (κ3) is 4.57.